The summed E-state index contributed by atoms with van der Waals surface area (Å²) in [5.74, 6) is 4.78. The zero-order chi connectivity index (χ0) is 23.0. The molecule has 30 heavy (non-hydrogen) atoms. The first kappa shape index (κ1) is 25.3. The minimum Gasteiger partial charge on any atom is -0.468 e. The van der Waals surface area contributed by atoms with Gasteiger partial charge in [-0.1, -0.05) is 50.1 Å². The van der Waals surface area contributed by atoms with Gasteiger partial charge < -0.3 is 9.47 Å². The van der Waals surface area contributed by atoms with Crippen molar-refractivity contribution in [2.75, 3.05) is 14.2 Å². The summed E-state index contributed by atoms with van der Waals surface area (Å²) < 4.78 is 9.96. The Morgan fingerprint density at radius 2 is 1.50 bits per heavy atom. The van der Waals surface area contributed by atoms with Crippen LogP contribution in [0.3, 0.4) is 0 Å². The third-order valence-electron chi connectivity index (χ3n) is 4.77. The number of allylic oxidation sites excluding steroid dienone is 1. The number of hydrogen-bond acceptors (Lipinski definition) is 4. The predicted octanol–water partition coefficient (Wildman–Crippen LogP) is 5.23. The average Bonchev–Trinajstić information content (AvgIpc) is 2.70. The van der Waals surface area contributed by atoms with Crippen LogP contribution in [0.4, 0.5) is 0 Å². The molecule has 0 aliphatic carbocycles. The highest BCUT2D eigenvalue weighted by Gasteiger charge is 2.48. The van der Waals surface area contributed by atoms with E-state index in [4.69, 9.17) is 9.47 Å². The van der Waals surface area contributed by atoms with Crippen LogP contribution in [0.15, 0.2) is 47.7 Å². The molecule has 0 heterocycles. The van der Waals surface area contributed by atoms with Crippen LogP contribution < -0.4 is 0 Å². The molecule has 0 unspecified atom stereocenters. The van der Waals surface area contributed by atoms with Crippen LogP contribution in [0, 0.1) is 22.7 Å². The normalized spacial score (nSPS) is 11.5. The van der Waals surface area contributed by atoms with Gasteiger partial charge in [-0.25, -0.2) is 0 Å². The molecule has 0 radical (unpaired) electrons. The van der Waals surface area contributed by atoms with E-state index in [2.05, 4.69) is 43.6 Å². The Morgan fingerprint density at radius 1 is 0.967 bits per heavy atom. The van der Waals surface area contributed by atoms with Crippen molar-refractivity contribution in [1.29, 1.82) is 0 Å². The molecule has 4 nitrogen and oxygen atoms in total. The Kier molecular flexibility index (Phi) is 8.70. The fourth-order valence-corrected chi connectivity index (χ4v) is 3.04. The van der Waals surface area contributed by atoms with Gasteiger partial charge in [-0.3, -0.25) is 9.59 Å². The summed E-state index contributed by atoms with van der Waals surface area (Å²) in [5.41, 5.74) is 3.13. The highest BCUT2D eigenvalue weighted by Crippen LogP contribution is 2.34. The van der Waals surface area contributed by atoms with Gasteiger partial charge >= 0.3 is 11.9 Å². The molecular formula is C26H34O4. The second-order valence-corrected chi connectivity index (χ2v) is 9.13. The summed E-state index contributed by atoms with van der Waals surface area (Å²) in [6, 6.07) is 10.1. The highest BCUT2D eigenvalue weighted by atomic mass is 16.5. The molecule has 0 bridgehead atoms. The number of rotatable bonds is 7. The van der Waals surface area contributed by atoms with E-state index in [-0.39, 0.29) is 23.7 Å². The van der Waals surface area contributed by atoms with Crippen molar-refractivity contribution in [2.24, 2.45) is 10.8 Å². The SMILES string of the molecule is COC(=O)C(CC#CC(C)(C)C)(CC(C)=C=CC(C)(C)c1ccccc1)C(=O)OC. The lowest BCUT2D eigenvalue weighted by Crippen LogP contribution is -2.41. The molecule has 1 aromatic carbocycles. The Hall–Kier alpha value is -2.76. The van der Waals surface area contributed by atoms with Crippen LogP contribution >= 0.6 is 0 Å². The molecule has 0 aromatic heterocycles. The summed E-state index contributed by atoms with van der Waals surface area (Å²) in [6.07, 6.45) is 2.09. The van der Waals surface area contributed by atoms with Gasteiger partial charge in [0.1, 0.15) is 0 Å². The molecule has 4 heteroatoms. The number of esters is 2. The highest BCUT2D eigenvalue weighted by molar-refractivity contribution is 6.00. The van der Waals surface area contributed by atoms with Gasteiger partial charge in [0.2, 0.25) is 0 Å². The minimum absolute atomic E-state index is 0.0186. The first-order valence-electron chi connectivity index (χ1n) is 10.0. The molecule has 0 aliphatic rings. The van der Waals surface area contributed by atoms with E-state index >= 15 is 0 Å². The average molecular weight is 411 g/mol. The number of ether oxygens (including phenoxy) is 2. The zero-order valence-electron chi connectivity index (χ0n) is 19.5. The van der Waals surface area contributed by atoms with Crippen molar-refractivity contribution in [3.8, 4) is 11.8 Å². The van der Waals surface area contributed by atoms with Crippen molar-refractivity contribution in [2.45, 2.75) is 59.8 Å². The summed E-state index contributed by atoms with van der Waals surface area (Å²) in [7, 11) is 2.54. The van der Waals surface area contributed by atoms with Gasteiger partial charge in [0.25, 0.3) is 0 Å². The standard InChI is InChI=1S/C26H34O4/c1-20(15-18-25(5,6)21-13-10-9-11-14-21)19-26(22(27)29-7,23(28)30-8)17-12-16-24(2,3)4/h9-11,13-14,18H,17,19H2,1-8H3. The van der Waals surface area contributed by atoms with Crippen LogP contribution in [0.5, 0.6) is 0 Å². The number of carbonyl (C=O) groups is 2. The molecule has 0 aliphatic heterocycles. The van der Waals surface area contributed by atoms with E-state index < -0.39 is 17.4 Å². The lowest BCUT2D eigenvalue weighted by Gasteiger charge is -2.26. The molecule has 0 spiro atoms. The first-order valence-corrected chi connectivity index (χ1v) is 10.0. The molecule has 0 saturated heterocycles. The molecule has 0 N–H and O–H groups in total. The van der Waals surface area contributed by atoms with E-state index in [1.165, 1.54) is 14.2 Å². The Bertz CT molecular complexity index is 851. The van der Waals surface area contributed by atoms with Crippen molar-refractivity contribution < 1.29 is 19.1 Å². The minimum atomic E-state index is -1.52. The number of hydrogen-bond donors (Lipinski definition) is 0. The van der Waals surface area contributed by atoms with Crippen molar-refractivity contribution in [1.82, 2.24) is 0 Å². The maximum Gasteiger partial charge on any atom is 0.324 e. The largest absolute Gasteiger partial charge is 0.468 e. The third-order valence-corrected chi connectivity index (χ3v) is 4.77. The van der Waals surface area contributed by atoms with Gasteiger partial charge in [-0.05, 0) is 44.9 Å². The Balaban J connectivity index is 3.36. The second-order valence-electron chi connectivity index (χ2n) is 9.13. The van der Waals surface area contributed by atoms with Gasteiger partial charge in [-0.15, -0.1) is 11.7 Å². The number of methoxy groups -OCH3 is 2. The molecule has 1 aromatic rings. The van der Waals surface area contributed by atoms with Crippen LogP contribution in [0.25, 0.3) is 0 Å². The number of benzene rings is 1. The fraction of sp³-hybridized carbons (Fsp3) is 0.500. The Morgan fingerprint density at radius 3 is 1.97 bits per heavy atom. The maximum absolute atomic E-state index is 12.7. The van der Waals surface area contributed by atoms with E-state index in [1.807, 2.05) is 52.0 Å². The van der Waals surface area contributed by atoms with Crippen LogP contribution in [-0.4, -0.2) is 26.2 Å². The maximum atomic E-state index is 12.7. The predicted molar refractivity (Wildman–Crippen MR) is 120 cm³/mol. The van der Waals surface area contributed by atoms with E-state index in [1.54, 1.807) is 0 Å². The number of carbonyl (C=O) groups excluding carboxylic acids is 2. The van der Waals surface area contributed by atoms with Gasteiger partial charge in [0.15, 0.2) is 5.41 Å². The molecule has 0 fully saturated rings. The molecular weight excluding hydrogens is 376 g/mol. The molecule has 162 valence electrons. The monoisotopic (exact) mass is 410 g/mol. The van der Waals surface area contributed by atoms with Gasteiger partial charge in [0.05, 0.1) is 14.2 Å². The lowest BCUT2D eigenvalue weighted by molar-refractivity contribution is -0.168. The Labute approximate surface area is 181 Å². The summed E-state index contributed by atoms with van der Waals surface area (Å²) in [4.78, 5) is 25.4. The van der Waals surface area contributed by atoms with Crippen LogP contribution in [0.1, 0.15) is 59.9 Å². The topological polar surface area (TPSA) is 52.6 Å². The van der Waals surface area contributed by atoms with E-state index in [9.17, 15) is 9.59 Å². The van der Waals surface area contributed by atoms with Crippen molar-refractivity contribution in [3.05, 3.63) is 53.3 Å². The molecule has 0 atom stereocenters. The van der Waals surface area contributed by atoms with Gasteiger partial charge in [0, 0.05) is 23.7 Å². The third kappa shape index (κ3) is 6.94. The van der Waals surface area contributed by atoms with E-state index in [0.717, 1.165) is 11.1 Å². The van der Waals surface area contributed by atoms with Crippen molar-refractivity contribution >= 4 is 11.9 Å². The lowest BCUT2D eigenvalue weighted by atomic mass is 9.78. The van der Waals surface area contributed by atoms with Crippen LogP contribution in [0.2, 0.25) is 0 Å². The second kappa shape index (κ2) is 10.3. The smallest absolute Gasteiger partial charge is 0.324 e. The zero-order valence-corrected chi connectivity index (χ0v) is 19.5. The van der Waals surface area contributed by atoms with E-state index in [0.29, 0.717) is 0 Å². The fourth-order valence-electron chi connectivity index (χ4n) is 3.04. The summed E-state index contributed by atoms with van der Waals surface area (Å²) in [5, 5.41) is 0. The quantitative estimate of drug-likeness (QED) is 0.267. The summed E-state index contributed by atoms with van der Waals surface area (Å²) >= 11 is 0. The molecule has 1 rings (SSSR count). The van der Waals surface area contributed by atoms with Crippen LogP contribution in [-0.2, 0) is 24.5 Å². The van der Waals surface area contributed by atoms with Gasteiger partial charge in [-0.2, -0.15) is 0 Å². The molecule has 0 amide bonds. The van der Waals surface area contributed by atoms with Crippen molar-refractivity contribution in [3.63, 3.8) is 0 Å². The first-order chi connectivity index (χ1) is 13.9. The summed E-state index contributed by atoms with van der Waals surface area (Å²) in [6.45, 7) is 11.9. The molecule has 0 saturated carbocycles.